The van der Waals surface area contributed by atoms with Crippen molar-refractivity contribution >= 4 is 12.4 Å². The molecule has 0 spiro atoms. The predicted octanol–water partition coefficient (Wildman–Crippen LogP) is 3.37. The van der Waals surface area contributed by atoms with Crippen molar-refractivity contribution in [1.82, 2.24) is 4.98 Å². The van der Waals surface area contributed by atoms with E-state index in [-0.39, 0.29) is 24.7 Å². The van der Waals surface area contributed by atoms with Gasteiger partial charge in [0.15, 0.2) is 0 Å². The number of halogens is 4. The molecule has 0 aliphatic heterocycles. The van der Waals surface area contributed by atoms with Gasteiger partial charge in [0.1, 0.15) is 11.6 Å². The largest absolute Gasteiger partial charge is 0.435 e. The molecule has 20 heavy (non-hydrogen) atoms. The molecule has 0 aliphatic carbocycles. The van der Waals surface area contributed by atoms with Crippen LogP contribution in [-0.4, -0.2) is 11.6 Å². The third-order valence-corrected chi connectivity index (χ3v) is 2.51. The molecule has 108 valence electrons. The van der Waals surface area contributed by atoms with E-state index >= 15 is 0 Å². The second kappa shape index (κ2) is 7.12. The molecular formula is C13H12ClF3N2O. The first kappa shape index (κ1) is 16.3. The van der Waals surface area contributed by atoms with E-state index in [4.69, 9.17) is 5.73 Å². The molecule has 7 heteroatoms. The topological polar surface area (TPSA) is 48.1 Å². The van der Waals surface area contributed by atoms with Crippen LogP contribution in [-0.2, 0) is 6.54 Å². The maximum absolute atomic E-state index is 13.6. The lowest BCUT2D eigenvalue weighted by atomic mass is 10.1. The lowest BCUT2D eigenvalue weighted by molar-refractivity contribution is -0.0498. The quantitative estimate of drug-likeness (QED) is 0.942. The summed E-state index contributed by atoms with van der Waals surface area (Å²) in [5, 5.41) is 0. The molecule has 1 aromatic heterocycles. The van der Waals surface area contributed by atoms with Gasteiger partial charge in [-0.2, -0.15) is 8.78 Å². The van der Waals surface area contributed by atoms with E-state index in [1.165, 1.54) is 30.3 Å². The van der Waals surface area contributed by atoms with Crippen molar-refractivity contribution in [2.24, 2.45) is 5.73 Å². The number of hydrogen-bond acceptors (Lipinski definition) is 3. The van der Waals surface area contributed by atoms with Gasteiger partial charge >= 0.3 is 6.61 Å². The van der Waals surface area contributed by atoms with Crippen LogP contribution in [0.4, 0.5) is 13.2 Å². The lowest BCUT2D eigenvalue weighted by Crippen LogP contribution is -2.02. The van der Waals surface area contributed by atoms with Gasteiger partial charge in [-0.3, -0.25) is 4.98 Å². The highest BCUT2D eigenvalue weighted by Gasteiger charge is 2.08. The van der Waals surface area contributed by atoms with Crippen molar-refractivity contribution in [3.8, 4) is 16.9 Å². The summed E-state index contributed by atoms with van der Waals surface area (Å²) in [5.74, 6) is -0.480. The summed E-state index contributed by atoms with van der Waals surface area (Å²) in [5.41, 5.74) is 6.84. The van der Waals surface area contributed by atoms with Gasteiger partial charge in [0.05, 0.1) is 11.9 Å². The number of ether oxygens (including phenoxy) is 1. The molecule has 2 rings (SSSR count). The number of rotatable bonds is 4. The number of hydrogen-bond donors (Lipinski definition) is 1. The fourth-order valence-corrected chi connectivity index (χ4v) is 1.63. The highest BCUT2D eigenvalue weighted by molar-refractivity contribution is 5.85. The van der Waals surface area contributed by atoms with E-state index in [1.54, 1.807) is 0 Å². The first-order valence-electron chi connectivity index (χ1n) is 5.50. The number of benzene rings is 1. The van der Waals surface area contributed by atoms with Gasteiger partial charge in [0.25, 0.3) is 0 Å². The summed E-state index contributed by atoms with van der Waals surface area (Å²) < 4.78 is 41.9. The normalized spacial score (nSPS) is 10.2. The van der Waals surface area contributed by atoms with Crippen molar-refractivity contribution < 1.29 is 17.9 Å². The molecule has 2 aromatic rings. The van der Waals surface area contributed by atoms with E-state index in [2.05, 4.69) is 9.72 Å². The molecule has 1 heterocycles. The van der Waals surface area contributed by atoms with E-state index in [0.717, 1.165) is 6.20 Å². The Bertz CT molecular complexity index is 564. The minimum atomic E-state index is -2.88. The van der Waals surface area contributed by atoms with Crippen molar-refractivity contribution in [2.45, 2.75) is 13.2 Å². The average molecular weight is 305 g/mol. The SMILES string of the molecule is Cl.NCc1cc(-c2ccc(OC(F)F)cc2)c(F)cn1. The van der Waals surface area contributed by atoms with Crippen molar-refractivity contribution in [3.05, 3.63) is 48.0 Å². The maximum Gasteiger partial charge on any atom is 0.387 e. The minimum Gasteiger partial charge on any atom is -0.435 e. The molecular weight excluding hydrogens is 293 g/mol. The van der Waals surface area contributed by atoms with Crippen LogP contribution in [0.25, 0.3) is 11.1 Å². The Morgan fingerprint density at radius 2 is 1.85 bits per heavy atom. The zero-order valence-corrected chi connectivity index (χ0v) is 11.0. The standard InChI is InChI=1S/C13H11F3N2O.ClH/c14-12-7-18-9(6-17)5-11(12)8-1-3-10(4-2-8)19-13(15)16;/h1-5,7,13H,6,17H2;1H. The minimum absolute atomic E-state index is 0. The molecule has 0 fully saturated rings. The molecule has 0 atom stereocenters. The summed E-state index contributed by atoms with van der Waals surface area (Å²) in [6, 6.07) is 7.22. The molecule has 3 nitrogen and oxygen atoms in total. The second-order valence-corrected chi connectivity index (χ2v) is 3.76. The van der Waals surface area contributed by atoms with Crippen LogP contribution >= 0.6 is 12.4 Å². The van der Waals surface area contributed by atoms with Crippen molar-refractivity contribution in [3.63, 3.8) is 0 Å². The third-order valence-electron chi connectivity index (χ3n) is 2.51. The van der Waals surface area contributed by atoms with Gasteiger partial charge in [0, 0.05) is 12.1 Å². The molecule has 0 unspecified atom stereocenters. The van der Waals surface area contributed by atoms with Crippen LogP contribution in [0, 0.1) is 5.82 Å². The average Bonchev–Trinajstić information content (AvgIpc) is 2.40. The molecule has 1 aromatic carbocycles. The molecule has 0 radical (unpaired) electrons. The number of pyridine rings is 1. The predicted molar refractivity (Wildman–Crippen MR) is 71.4 cm³/mol. The monoisotopic (exact) mass is 304 g/mol. The van der Waals surface area contributed by atoms with Crippen LogP contribution in [0.2, 0.25) is 0 Å². The summed E-state index contributed by atoms with van der Waals surface area (Å²) in [7, 11) is 0. The fourth-order valence-electron chi connectivity index (χ4n) is 1.63. The van der Waals surface area contributed by atoms with E-state index in [0.29, 0.717) is 16.8 Å². The zero-order valence-electron chi connectivity index (χ0n) is 10.2. The summed E-state index contributed by atoms with van der Waals surface area (Å²) in [6.45, 7) is -2.69. The number of nitrogens with two attached hydrogens (primary N) is 1. The molecule has 0 saturated heterocycles. The summed E-state index contributed by atoms with van der Waals surface area (Å²) in [6.07, 6.45) is 1.08. The fraction of sp³-hybridized carbons (Fsp3) is 0.154. The van der Waals surface area contributed by atoms with E-state index in [9.17, 15) is 13.2 Å². The van der Waals surface area contributed by atoms with Crippen LogP contribution in [0.3, 0.4) is 0 Å². The van der Waals surface area contributed by atoms with Gasteiger partial charge in [-0.1, -0.05) is 12.1 Å². The van der Waals surface area contributed by atoms with Crippen LogP contribution in [0.5, 0.6) is 5.75 Å². The molecule has 0 bridgehead atoms. The summed E-state index contributed by atoms with van der Waals surface area (Å²) >= 11 is 0. The Morgan fingerprint density at radius 3 is 2.40 bits per heavy atom. The van der Waals surface area contributed by atoms with Gasteiger partial charge < -0.3 is 10.5 Å². The number of alkyl halides is 2. The smallest absolute Gasteiger partial charge is 0.387 e. The lowest BCUT2D eigenvalue weighted by Gasteiger charge is -2.07. The van der Waals surface area contributed by atoms with Gasteiger partial charge in [-0.25, -0.2) is 4.39 Å². The van der Waals surface area contributed by atoms with Crippen LogP contribution in [0.15, 0.2) is 36.5 Å². The number of aromatic nitrogens is 1. The highest BCUT2D eigenvalue weighted by Crippen LogP contribution is 2.25. The van der Waals surface area contributed by atoms with Gasteiger partial charge in [-0.15, -0.1) is 12.4 Å². The van der Waals surface area contributed by atoms with Crippen LogP contribution < -0.4 is 10.5 Å². The summed E-state index contributed by atoms with van der Waals surface area (Å²) in [4.78, 5) is 3.82. The van der Waals surface area contributed by atoms with Crippen LogP contribution in [0.1, 0.15) is 5.69 Å². The Balaban J connectivity index is 0.00000200. The van der Waals surface area contributed by atoms with E-state index < -0.39 is 12.4 Å². The molecule has 0 aliphatic rings. The zero-order chi connectivity index (χ0) is 13.8. The van der Waals surface area contributed by atoms with E-state index in [1.807, 2.05) is 0 Å². The molecule has 0 saturated carbocycles. The Morgan fingerprint density at radius 1 is 1.20 bits per heavy atom. The Hall–Kier alpha value is -1.79. The molecule has 2 N–H and O–H groups in total. The first-order valence-corrected chi connectivity index (χ1v) is 5.50. The Labute approximate surface area is 120 Å². The first-order chi connectivity index (χ1) is 9.10. The Kier molecular flexibility index (Phi) is 5.79. The van der Waals surface area contributed by atoms with Crippen molar-refractivity contribution in [1.29, 1.82) is 0 Å². The molecule has 0 amide bonds. The maximum atomic E-state index is 13.6. The number of nitrogens with zero attached hydrogens (tertiary/aromatic N) is 1. The van der Waals surface area contributed by atoms with Gasteiger partial charge in [0.2, 0.25) is 0 Å². The second-order valence-electron chi connectivity index (χ2n) is 3.76. The van der Waals surface area contributed by atoms with Crippen molar-refractivity contribution in [2.75, 3.05) is 0 Å². The highest BCUT2D eigenvalue weighted by atomic mass is 35.5. The van der Waals surface area contributed by atoms with Gasteiger partial charge in [-0.05, 0) is 23.8 Å². The third kappa shape index (κ3) is 3.85.